The van der Waals surface area contributed by atoms with Gasteiger partial charge in [-0.05, 0) is 79.4 Å². The molecule has 3 aliphatic rings. The van der Waals surface area contributed by atoms with Crippen LogP contribution in [0.3, 0.4) is 0 Å². The number of fused-ring (bicyclic) bond motifs is 2. The zero-order valence-corrected chi connectivity index (χ0v) is 23.7. The van der Waals surface area contributed by atoms with Crippen LogP contribution in [-0.2, 0) is 16.1 Å². The fraction of sp³-hybridized carbons (Fsp3) is 0.414. The van der Waals surface area contributed by atoms with E-state index in [4.69, 9.17) is 37.2 Å². The molecule has 202 valence electrons. The quantitative estimate of drug-likeness (QED) is 0.210. The first kappa shape index (κ1) is 25.3. The van der Waals surface area contributed by atoms with Crippen LogP contribution < -0.4 is 4.90 Å². The van der Waals surface area contributed by atoms with Crippen LogP contribution in [0, 0.1) is 11.8 Å². The van der Waals surface area contributed by atoms with Crippen molar-refractivity contribution < 1.29 is 18.8 Å². The average Bonchev–Trinajstić information content (AvgIpc) is 3.24. The lowest BCUT2D eigenvalue weighted by molar-refractivity contribution is 0.0403. The molecule has 0 radical (unpaired) electrons. The predicted molar refractivity (Wildman–Crippen MR) is 152 cm³/mol. The predicted octanol–water partition coefficient (Wildman–Crippen LogP) is 7.35. The van der Waals surface area contributed by atoms with Gasteiger partial charge in [0, 0.05) is 41.2 Å². The molecule has 1 aliphatic heterocycles. The molecule has 0 bridgehead atoms. The minimum Gasteiger partial charge on any atom is -0.464 e. The van der Waals surface area contributed by atoms with Crippen molar-refractivity contribution in [3.05, 3.63) is 63.5 Å². The van der Waals surface area contributed by atoms with Crippen molar-refractivity contribution in [1.82, 2.24) is 9.53 Å². The molecule has 0 amide bonds. The Labute approximate surface area is 240 Å². The standard InChI is InChI=1S/C29H27Cl2N3O4S/c1-36-29(35)27-20-8-7-18(11-24(20)39-33-27)34-12-16-9-19(10-17(16)13-34)37-14-21-26(32-38-28(21)15-5-6-15)25-22(30)3-2-4-23(25)31/h2-4,7-8,11,15-17,19H,5-6,9-10,12-14H2,1H3/t16-,17?,19+/m1/s1. The van der Waals surface area contributed by atoms with E-state index in [1.54, 1.807) is 0 Å². The Kier molecular flexibility index (Phi) is 6.54. The highest BCUT2D eigenvalue weighted by Crippen LogP contribution is 2.47. The van der Waals surface area contributed by atoms with Crippen LogP contribution in [-0.4, -0.2) is 41.8 Å². The van der Waals surface area contributed by atoms with Gasteiger partial charge in [0.25, 0.3) is 0 Å². The largest absolute Gasteiger partial charge is 0.464 e. The highest BCUT2D eigenvalue weighted by molar-refractivity contribution is 7.13. The number of esters is 1. The fourth-order valence-corrected chi connectivity index (χ4v) is 7.58. The molecule has 4 aromatic rings. The van der Waals surface area contributed by atoms with Crippen LogP contribution in [0.25, 0.3) is 21.3 Å². The summed E-state index contributed by atoms with van der Waals surface area (Å²) in [5.41, 5.74) is 3.96. The Hall–Kier alpha value is -2.65. The lowest BCUT2D eigenvalue weighted by Gasteiger charge is -2.21. The van der Waals surface area contributed by atoms with Crippen molar-refractivity contribution in [3.63, 3.8) is 0 Å². The van der Waals surface area contributed by atoms with E-state index in [-0.39, 0.29) is 6.10 Å². The number of hydrogen-bond acceptors (Lipinski definition) is 8. The summed E-state index contributed by atoms with van der Waals surface area (Å²) in [5, 5.41) is 6.37. The Morgan fingerprint density at radius 2 is 1.87 bits per heavy atom. The first-order valence-corrected chi connectivity index (χ1v) is 14.8. The molecule has 10 heteroatoms. The highest BCUT2D eigenvalue weighted by atomic mass is 35.5. The molecular weight excluding hydrogens is 557 g/mol. The molecule has 2 aromatic heterocycles. The first-order valence-electron chi connectivity index (χ1n) is 13.3. The van der Waals surface area contributed by atoms with Crippen molar-refractivity contribution in [2.45, 2.75) is 44.3 Å². The van der Waals surface area contributed by atoms with E-state index in [9.17, 15) is 4.79 Å². The highest BCUT2D eigenvalue weighted by Gasteiger charge is 2.42. The summed E-state index contributed by atoms with van der Waals surface area (Å²) in [7, 11) is 1.38. The second kappa shape index (κ2) is 10.1. The molecule has 1 saturated heterocycles. The van der Waals surface area contributed by atoms with E-state index >= 15 is 0 Å². The van der Waals surface area contributed by atoms with E-state index in [0.29, 0.717) is 51.4 Å². The molecule has 2 aromatic carbocycles. The van der Waals surface area contributed by atoms with Crippen molar-refractivity contribution in [2.75, 3.05) is 25.1 Å². The van der Waals surface area contributed by atoms with Gasteiger partial charge >= 0.3 is 5.97 Å². The second-order valence-electron chi connectivity index (χ2n) is 10.8. The van der Waals surface area contributed by atoms with Crippen molar-refractivity contribution in [3.8, 4) is 11.3 Å². The maximum Gasteiger partial charge on any atom is 0.358 e. The van der Waals surface area contributed by atoms with Crippen LogP contribution in [0.4, 0.5) is 5.69 Å². The SMILES string of the molecule is COC(=O)c1nsc2cc(N3CC4C[C@@H](OCc5c(-c6c(Cl)cccc6Cl)noc5C5CC5)C[C@@H]4C3)ccc12. The smallest absolute Gasteiger partial charge is 0.358 e. The number of carbonyl (C=O) groups is 1. The number of benzene rings is 2. The first-order chi connectivity index (χ1) is 19.0. The van der Waals surface area contributed by atoms with Crippen LogP contribution in [0.5, 0.6) is 0 Å². The lowest BCUT2D eigenvalue weighted by atomic mass is 10.0. The minimum absolute atomic E-state index is 0.199. The van der Waals surface area contributed by atoms with Gasteiger partial charge in [0.1, 0.15) is 11.5 Å². The Morgan fingerprint density at radius 1 is 1.13 bits per heavy atom. The van der Waals surface area contributed by atoms with Gasteiger partial charge in [-0.15, -0.1) is 0 Å². The monoisotopic (exact) mass is 583 g/mol. The molecule has 7 rings (SSSR count). The van der Waals surface area contributed by atoms with E-state index in [0.717, 1.165) is 60.2 Å². The Balaban J connectivity index is 1.03. The summed E-state index contributed by atoms with van der Waals surface area (Å²) in [6.45, 7) is 2.45. The number of methoxy groups -OCH3 is 1. The van der Waals surface area contributed by atoms with Crippen LogP contribution in [0.2, 0.25) is 10.0 Å². The summed E-state index contributed by atoms with van der Waals surface area (Å²) in [6, 6.07) is 11.7. The minimum atomic E-state index is -0.395. The number of halogens is 2. The molecule has 3 fully saturated rings. The van der Waals surface area contributed by atoms with Gasteiger partial charge < -0.3 is 18.9 Å². The molecule has 3 atom stereocenters. The van der Waals surface area contributed by atoms with E-state index in [1.165, 1.54) is 24.3 Å². The van der Waals surface area contributed by atoms with Crippen LogP contribution in [0.15, 0.2) is 40.9 Å². The summed E-state index contributed by atoms with van der Waals surface area (Å²) in [6.07, 6.45) is 4.48. The maximum atomic E-state index is 12.0. The summed E-state index contributed by atoms with van der Waals surface area (Å²) >= 11 is 14.4. The fourth-order valence-electron chi connectivity index (χ4n) is 6.21. The van der Waals surface area contributed by atoms with Crippen LogP contribution >= 0.6 is 34.7 Å². The normalized spacial score (nSPS) is 22.5. The van der Waals surface area contributed by atoms with Gasteiger partial charge in [-0.1, -0.05) is 34.4 Å². The number of nitrogens with zero attached hydrogens (tertiary/aromatic N) is 3. The topological polar surface area (TPSA) is 77.7 Å². The number of carbonyl (C=O) groups excluding carboxylic acids is 1. The molecule has 0 spiro atoms. The molecule has 3 heterocycles. The van der Waals surface area contributed by atoms with Gasteiger partial charge in [0.15, 0.2) is 5.69 Å². The van der Waals surface area contributed by atoms with Crippen molar-refractivity contribution >= 4 is 56.5 Å². The summed E-state index contributed by atoms with van der Waals surface area (Å²) in [5.74, 6) is 2.09. The number of hydrogen-bond donors (Lipinski definition) is 0. The van der Waals surface area contributed by atoms with E-state index < -0.39 is 5.97 Å². The van der Waals surface area contributed by atoms with Crippen molar-refractivity contribution in [2.24, 2.45) is 11.8 Å². The van der Waals surface area contributed by atoms with E-state index in [1.807, 2.05) is 24.3 Å². The Morgan fingerprint density at radius 3 is 2.56 bits per heavy atom. The number of anilines is 1. The van der Waals surface area contributed by atoms with Gasteiger partial charge in [0.05, 0.1) is 34.6 Å². The molecular formula is C29H27Cl2N3O4S. The van der Waals surface area contributed by atoms with Gasteiger partial charge in [-0.2, -0.15) is 4.37 Å². The number of aromatic nitrogens is 2. The number of rotatable bonds is 7. The van der Waals surface area contributed by atoms with E-state index in [2.05, 4.69) is 26.6 Å². The molecule has 7 nitrogen and oxygen atoms in total. The number of ether oxygens (including phenoxy) is 2. The van der Waals surface area contributed by atoms with Crippen LogP contribution in [0.1, 0.15) is 53.4 Å². The molecule has 1 unspecified atom stereocenters. The molecule has 39 heavy (non-hydrogen) atoms. The average molecular weight is 585 g/mol. The zero-order valence-electron chi connectivity index (χ0n) is 21.4. The summed E-state index contributed by atoms with van der Waals surface area (Å²) in [4.78, 5) is 14.4. The molecule has 2 saturated carbocycles. The van der Waals surface area contributed by atoms with Crippen molar-refractivity contribution in [1.29, 1.82) is 0 Å². The third kappa shape index (κ3) is 4.61. The summed E-state index contributed by atoms with van der Waals surface area (Å²) < 4.78 is 22.5. The third-order valence-corrected chi connectivity index (χ3v) is 9.78. The lowest BCUT2D eigenvalue weighted by Crippen LogP contribution is -2.23. The Bertz CT molecular complexity index is 1530. The van der Waals surface area contributed by atoms with Gasteiger partial charge in [-0.25, -0.2) is 4.79 Å². The van der Waals surface area contributed by atoms with Gasteiger partial charge in [-0.3, -0.25) is 0 Å². The molecule has 0 N–H and O–H groups in total. The van der Waals surface area contributed by atoms with Gasteiger partial charge in [0.2, 0.25) is 0 Å². The third-order valence-electron chi connectivity index (χ3n) is 8.34. The maximum absolute atomic E-state index is 12.0. The zero-order chi connectivity index (χ0) is 26.7. The molecule has 2 aliphatic carbocycles. The second-order valence-corrected chi connectivity index (χ2v) is 12.4.